The molecule has 1 N–H and O–H groups in total. The minimum absolute atomic E-state index is 0.0684. The van der Waals surface area contributed by atoms with Gasteiger partial charge in [0.1, 0.15) is 5.69 Å². The molecule has 0 fully saturated rings. The molecule has 0 aliphatic heterocycles. The van der Waals surface area contributed by atoms with E-state index in [1.54, 1.807) is 48.1 Å². The Bertz CT molecular complexity index is 1020. The molecule has 0 bridgehead atoms. The van der Waals surface area contributed by atoms with E-state index in [1.165, 1.54) is 0 Å². The van der Waals surface area contributed by atoms with Crippen LogP contribution in [0.2, 0.25) is 0 Å². The van der Waals surface area contributed by atoms with Crippen molar-refractivity contribution in [2.24, 2.45) is 7.05 Å². The number of nitrogens with zero attached hydrogens (tertiary/aromatic N) is 2. The molecular formula is C20H25N3O3S. The molecule has 7 heteroatoms. The topological polar surface area (TPSA) is 81.1 Å². The lowest BCUT2D eigenvalue weighted by atomic mass is 10.2. The molecule has 3 rings (SSSR count). The van der Waals surface area contributed by atoms with Gasteiger partial charge >= 0.3 is 0 Å². The number of aromatic nitrogens is 2. The standard InChI is InChI=1S/C18H19N3O3S.C2H6/c1-3-25(23,24)15-6-4-13(5-7-15)11-20-18(22)16-10-14-8-9-19-12-17(14)21(16)2;1-2/h4-10,12H,3,11H2,1-2H3,(H,20,22);1-2H3. The van der Waals surface area contributed by atoms with Crippen LogP contribution in [0.15, 0.2) is 53.7 Å². The highest BCUT2D eigenvalue weighted by atomic mass is 32.2. The molecule has 6 nitrogen and oxygen atoms in total. The molecular weight excluding hydrogens is 362 g/mol. The van der Waals surface area contributed by atoms with Crippen LogP contribution in [0.5, 0.6) is 0 Å². The van der Waals surface area contributed by atoms with Crippen LogP contribution in [0.4, 0.5) is 0 Å². The summed E-state index contributed by atoms with van der Waals surface area (Å²) in [6.07, 6.45) is 3.41. The van der Waals surface area contributed by atoms with E-state index in [4.69, 9.17) is 0 Å². The minimum atomic E-state index is -3.21. The van der Waals surface area contributed by atoms with Crippen molar-refractivity contribution >= 4 is 26.6 Å². The largest absolute Gasteiger partial charge is 0.347 e. The maximum absolute atomic E-state index is 12.4. The molecule has 0 aliphatic rings. The van der Waals surface area contributed by atoms with E-state index in [-0.39, 0.29) is 11.7 Å². The summed E-state index contributed by atoms with van der Waals surface area (Å²) in [5.41, 5.74) is 2.28. The Morgan fingerprint density at radius 3 is 2.41 bits per heavy atom. The predicted octanol–water partition coefficient (Wildman–Crippen LogP) is 3.32. The van der Waals surface area contributed by atoms with Gasteiger partial charge in [0.15, 0.2) is 9.84 Å². The van der Waals surface area contributed by atoms with Gasteiger partial charge in [0, 0.05) is 25.2 Å². The highest BCUT2D eigenvalue weighted by Crippen LogP contribution is 2.17. The smallest absolute Gasteiger partial charge is 0.268 e. The quantitative estimate of drug-likeness (QED) is 0.728. The molecule has 2 aromatic heterocycles. The van der Waals surface area contributed by atoms with E-state index >= 15 is 0 Å². The van der Waals surface area contributed by atoms with Crippen molar-refractivity contribution in [1.82, 2.24) is 14.9 Å². The van der Waals surface area contributed by atoms with Crippen molar-refractivity contribution < 1.29 is 13.2 Å². The maximum atomic E-state index is 12.4. The number of hydrogen-bond donors (Lipinski definition) is 1. The van der Waals surface area contributed by atoms with E-state index in [0.29, 0.717) is 17.1 Å². The average molecular weight is 388 g/mol. The van der Waals surface area contributed by atoms with Crippen LogP contribution in [0.25, 0.3) is 10.9 Å². The van der Waals surface area contributed by atoms with Crippen molar-refractivity contribution in [1.29, 1.82) is 0 Å². The van der Waals surface area contributed by atoms with Crippen LogP contribution in [0.3, 0.4) is 0 Å². The first-order chi connectivity index (χ1) is 12.9. The number of carbonyl (C=O) groups excluding carboxylic acids is 1. The number of sulfone groups is 1. The zero-order valence-electron chi connectivity index (χ0n) is 16.1. The zero-order valence-corrected chi connectivity index (χ0v) is 16.9. The number of hydrogen-bond acceptors (Lipinski definition) is 4. The Morgan fingerprint density at radius 1 is 1.15 bits per heavy atom. The van der Waals surface area contributed by atoms with Crippen molar-refractivity contribution in [3.63, 3.8) is 0 Å². The zero-order chi connectivity index (χ0) is 20.0. The molecule has 0 saturated heterocycles. The molecule has 0 atom stereocenters. The molecule has 0 radical (unpaired) electrons. The molecule has 2 heterocycles. The van der Waals surface area contributed by atoms with Crippen molar-refractivity contribution in [3.05, 3.63) is 60.0 Å². The summed E-state index contributed by atoms with van der Waals surface area (Å²) in [4.78, 5) is 16.8. The summed E-state index contributed by atoms with van der Waals surface area (Å²) < 4.78 is 25.4. The molecule has 1 amide bonds. The SMILES string of the molecule is CC.CCS(=O)(=O)c1ccc(CNC(=O)c2cc3ccncc3n2C)cc1. The molecule has 0 unspecified atom stereocenters. The second kappa shape index (κ2) is 8.81. The Kier molecular flexibility index (Phi) is 6.74. The molecule has 0 saturated carbocycles. The van der Waals surface area contributed by atoms with Gasteiger partial charge in [0.25, 0.3) is 5.91 Å². The second-order valence-electron chi connectivity index (χ2n) is 5.75. The van der Waals surface area contributed by atoms with Gasteiger partial charge in [-0.15, -0.1) is 0 Å². The third-order valence-electron chi connectivity index (χ3n) is 4.20. The fourth-order valence-corrected chi connectivity index (χ4v) is 3.53. The van der Waals surface area contributed by atoms with E-state index in [2.05, 4.69) is 10.3 Å². The first kappa shape index (κ1) is 20.6. The van der Waals surface area contributed by atoms with Gasteiger partial charge in [0.05, 0.1) is 22.4 Å². The van der Waals surface area contributed by atoms with Crippen LogP contribution in [-0.4, -0.2) is 29.6 Å². The van der Waals surface area contributed by atoms with Gasteiger partial charge < -0.3 is 9.88 Å². The first-order valence-corrected chi connectivity index (χ1v) is 10.6. The van der Waals surface area contributed by atoms with Crippen LogP contribution >= 0.6 is 0 Å². The third-order valence-corrected chi connectivity index (χ3v) is 5.95. The normalized spacial score (nSPS) is 11.0. The second-order valence-corrected chi connectivity index (χ2v) is 8.03. The maximum Gasteiger partial charge on any atom is 0.268 e. The number of rotatable bonds is 5. The lowest BCUT2D eigenvalue weighted by Gasteiger charge is -2.08. The summed E-state index contributed by atoms with van der Waals surface area (Å²) in [5.74, 6) is -0.122. The molecule has 0 aliphatic carbocycles. The van der Waals surface area contributed by atoms with E-state index in [9.17, 15) is 13.2 Å². The summed E-state index contributed by atoms with van der Waals surface area (Å²) in [7, 11) is -1.38. The predicted molar refractivity (Wildman–Crippen MR) is 107 cm³/mol. The lowest BCUT2D eigenvalue weighted by Crippen LogP contribution is -2.24. The Labute approximate surface area is 160 Å². The van der Waals surface area contributed by atoms with Gasteiger partial charge in [-0.3, -0.25) is 9.78 Å². The summed E-state index contributed by atoms with van der Waals surface area (Å²) in [6, 6.07) is 10.3. The van der Waals surface area contributed by atoms with E-state index in [0.717, 1.165) is 16.5 Å². The van der Waals surface area contributed by atoms with Crippen LogP contribution in [0, 0.1) is 0 Å². The minimum Gasteiger partial charge on any atom is -0.347 e. The average Bonchev–Trinajstić information content (AvgIpc) is 3.05. The molecule has 144 valence electrons. The van der Waals surface area contributed by atoms with Crippen molar-refractivity contribution in [2.45, 2.75) is 32.2 Å². The number of fused-ring (bicyclic) bond motifs is 1. The number of carbonyl (C=O) groups is 1. The molecule has 3 aromatic rings. The van der Waals surface area contributed by atoms with Gasteiger partial charge in [-0.2, -0.15) is 0 Å². The fraction of sp³-hybridized carbons (Fsp3) is 0.300. The Hall–Kier alpha value is -2.67. The van der Waals surface area contributed by atoms with Crippen LogP contribution in [-0.2, 0) is 23.4 Å². The molecule has 1 aromatic carbocycles. The molecule has 0 spiro atoms. The van der Waals surface area contributed by atoms with Gasteiger partial charge in [-0.25, -0.2) is 8.42 Å². The van der Waals surface area contributed by atoms with Crippen LogP contribution in [0.1, 0.15) is 36.8 Å². The molecule has 27 heavy (non-hydrogen) atoms. The highest BCUT2D eigenvalue weighted by Gasteiger charge is 2.14. The Morgan fingerprint density at radius 2 is 1.81 bits per heavy atom. The Balaban J connectivity index is 0.00000126. The van der Waals surface area contributed by atoms with Crippen molar-refractivity contribution in [2.75, 3.05) is 5.75 Å². The number of aryl methyl sites for hydroxylation is 1. The monoisotopic (exact) mass is 387 g/mol. The fourth-order valence-electron chi connectivity index (χ4n) is 2.65. The first-order valence-electron chi connectivity index (χ1n) is 8.91. The van der Waals surface area contributed by atoms with E-state index < -0.39 is 9.84 Å². The summed E-state index contributed by atoms with van der Waals surface area (Å²) in [6.45, 7) is 5.94. The van der Waals surface area contributed by atoms with Gasteiger partial charge in [-0.05, 0) is 29.8 Å². The summed E-state index contributed by atoms with van der Waals surface area (Å²) in [5, 5.41) is 3.81. The third kappa shape index (κ3) is 4.54. The van der Waals surface area contributed by atoms with Gasteiger partial charge in [0.2, 0.25) is 0 Å². The number of benzene rings is 1. The number of pyridine rings is 1. The van der Waals surface area contributed by atoms with Crippen LogP contribution < -0.4 is 5.32 Å². The summed E-state index contributed by atoms with van der Waals surface area (Å²) >= 11 is 0. The number of amides is 1. The van der Waals surface area contributed by atoms with E-state index in [1.807, 2.05) is 33.0 Å². The van der Waals surface area contributed by atoms with Gasteiger partial charge in [-0.1, -0.05) is 32.9 Å². The lowest BCUT2D eigenvalue weighted by molar-refractivity contribution is 0.0943. The van der Waals surface area contributed by atoms with Crippen molar-refractivity contribution in [3.8, 4) is 0 Å². The number of nitrogens with one attached hydrogen (secondary N) is 1. The highest BCUT2D eigenvalue weighted by molar-refractivity contribution is 7.91.